The van der Waals surface area contributed by atoms with E-state index in [1.807, 2.05) is 45.0 Å². The highest BCUT2D eigenvalue weighted by Gasteiger charge is 2.24. The van der Waals surface area contributed by atoms with Crippen LogP contribution < -0.4 is 16.0 Å². The number of nitro groups is 1. The topological polar surface area (TPSA) is 96.3 Å². The smallest absolute Gasteiger partial charge is 0.292 e. The van der Waals surface area contributed by atoms with Gasteiger partial charge in [-0.3, -0.25) is 14.9 Å². The fourth-order valence-electron chi connectivity index (χ4n) is 2.50. The van der Waals surface area contributed by atoms with Crippen LogP contribution in [-0.2, 0) is 4.79 Å². The van der Waals surface area contributed by atoms with Crippen LogP contribution in [0.2, 0.25) is 0 Å². The summed E-state index contributed by atoms with van der Waals surface area (Å²) in [5, 5.41) is 19.9. The number of nitro benzene ring substituents is 1. The summed E-state index contributed by atoms with van der Waals surface area (Å²) < 4.78 is 0. The van der Waals surface area contributed by atoms with Crippen LogP contribution >= 0.6 is 12.2 Å². The molecule has 0 saturated carbocycles. The average Bonchev–Trinajstić information content (AvgIpc) is 2.61. The summed E-state index contributed by atoms with van der Waals surface area (Å²) in [7, 11) is 0. The highest BCUT2D eigenvalue weighted by molar-refractivity contribution is 7.80. The Bertz CT molecular complexity index is 854. The number of rotatable bonds is 6. The minimum Gasteiger partial charge on any atom is -0.350 e. The van der Waals surface area contributed by atoms with Crippen molar-refractivity contribution in [2.24, 2.45) is 5.92 Å². The molecule has 0 aromatic heterocycles. The van der Waals surface area contributed by atoms with Crippen LogP contribution in [0.4, 0.5) is 17.1 Å². The normalized spacial score (nSPS) is 11.6. The first-order chi connectivity index (χ1) is 12.8. The number of carbonyl (C=O) groups is 1. The van der Waals surface area contributed by atoms with Gasteiger partial charge in [0.1, 0.15) is 11.7 Å². The number of amides is 1. The van der Waals surface area contributed by atoms with E-state index in [0.717, 1.165) is 11.3 Å². The Hall–Kier alpha value is -3.00. The molecule has 0 aliphatic heterocycles. The molecule has 2 rings (SSSR count). The van der Waals surface area contributed by atoms with E-state index in [-0.39, 0.29) is 28.3 Å². The molecule has 0 radical (unpaired) electrons. The Kier molecular flexibility index (Phi) is 6.84. The lowest BCUT2D eigenvalue weighted by molar-refractivity contribution is -0.383. The van der Waals surface area contributed by atoms with Crippen LogP contribution in [-0.4, -0.2) is 22.0 Å². The molecular weight excluding hydrogens is 364 g/mol. The number of hydrogen-bond acceptors (Lipinski definition) is 4. The van der Waals surface area contributed by atoms with Gasteiger partial charge in [0.25, 0.3) is 5.69 Å². The molecule has 3 N–H and O–H groups in total. The van der Waals surface area contributed by atoms with Crippen LogP contribution in [0.15, 0.2) is 48.5 Å². The lowest BCUT2D eigenvalue weighted by atomic mass is 10.0. The molecule has 0 saturated heterocycles. The molecular formula is C19H22N4O3S. The Morgan fingerprint density at radius 3 is 2.22 bits per heavy atom. The summed E-state index contributed by atoms with van der Waals surface area (Å²) in [6, 6.07) is 13.1. The van der Waals surface area contributed by atoms with Crippen molar-refractivity contribution < 1.29 is 9.72 Å². The van der Waals surface area contributed by atoms with Crippen molar-refractivity contribution in [1.82, 2.24) is 5.32 Å². The fraction of sp³-hybridized carbons (Fsp3) is 0.263. The molecule has 0 unspecified atom stereocenters. The quantitative estimate of drug-likeness (QED) is 0.396. The lowest BCUT2D eigenvalue weighted by Crippen LogP contribution is -2.48. The summed E-state index contributed by atoms with van der Waals surface area (Å²) in [5.74, 6) is -0.287. The molecule has 0 aliphatic rings. The van der Waals surface area contributed by atoms with Crippen LogP contribution in [0.5, 0.6) is 0 Å². The van der Waals surface area contributed by atoms with Crippen LogP contribution in [0, 0.1) is 23.0 Å². The molecule has 0 bridgehead atoms. The molecule has 1 amide bonds. The molecule has 0 spiro atoms. The second-order valence-corrected chi connectivity index (χ2v) is 6.81. The average molecular weight is 386 g/mol. The zero-order valence-electron chi connectivity index (χ0n) is 15.4. The van der Waals surface area contributed by atoms with E-state index in [0.29, 0.717) is 0 Å². The summed E-state index contributed by atoms with van der Waals surface area (Å²) in [6.45, 7) is 5.69. The number of nitrogens with zero attached hydrogens (tertiary/aromatic N) is 1. The Labute approximate surface area is 163 Å². The highest BCUT2D eigenvalue weighted by Crippen LogP contribution is 2.23. The van der Waals surface area contributed by atoms with Gasteiger partial charge in [0.05, 0.1) is 4.92 Å². The predicted octanol–water partition coefficient (Wildman–Crippen LogP) is 3.85. The van der Waals surface area contributed by atoms with Crippen molar-refractivity contribution >= 4 is 40.3 Å². The first kappa shape index (κ1) is 20.3. The summed E-state index contributed by atoms with van der Waals surface area (Å²) >= 11 is 5.26. The van der Waals surface area contributed by atoms with Gasteiger partial charge in [-0.05, 0) is 42.8 Å². The third kappa shape index (κ3) is 5.49. The molecule has 7 nitrogen and oxygen atoms in total. The van der Waals surface area contributed by atoms with Crippen molar-refractivity contribution in [1.29, 1.82) is 0 Å². The van der Waals surface area contributed by atoms with Crippen LogP contribution in [0.3, 0.4) is 0 Å². The molecule has 0 fully saturated rings. The number of nitrogens with one attached hydrogen (secondary N) is 3. The Morgan fingerprint density at radius 2 is 1.63 bits per heavy atom. The molecule has 27 heavy (non-hydrogen) atoms. The minimum atomic E-state index is -0.604. The fourth-order valence-corrected chi connectivity index (χ4v) is 2.73. The minimum absolute atomic E-state index is 0.0560. The number of anilines is 2. The largest absolute Gasteiger partial charge is 0.350 e. The van der Waals surface area contributed by atoms with Gasteiger partial charge in [0.15, 0.2) is 5.11 Å². The number of aryl methyl sites for hydroxylation is 1. The molecule has 2 aromatic carbocycles. The number of thiocarbonyl (C=S) groups is 1. The molecule has 8 heteroatoms. The van der Waals surface area contributed by atoms with Crippen LogP contribution in [0.1, 0.15) is 19.4 Å². The van der Waals surface area contributed by atoms with Gasteiger partial charge in [-0.25, -0.2) is 0 Å². The van der Waals surface area contributed by atoms with Gasteiger partial charge in [-0.15, -0.1) is 0 Å². The van der Waals surface area contributed by atoms with Gasteiger partial charge in [0, 0.05) is 11.8 Å². The van der Waals surface area contributed by atoms with E-state index >= 15 is 0 Å². The zero-order chi connectivity index (χ0) is 20.0. The van der Waals surface area contributed by atoms with Crippen molar-refractivity contribution in [3.8, 4) is 0 Å². The van der Waals surface area contributed by atoms with Gasteiger partial charge >= 0.3 is 0 Å². The van der Waals surface area contributed by atoms with Gasteiger partial charge in [-0.2, -0.15) is 0 Å². The van der Waals surface area contributed by atoms with Crippen molar-refractivity contribution in [2.75, 3.05) is 10.6 Å². The van der Waals surface area contributed by atoms with Gasteiger partial charge < -0.3 is 16.0 Å². The van der Waals surface area contributed by atoms with Crippen LogP contribution in [0.25, 0.3) is 0 Å². The maximum atomic E-state index is 12.7. The number of benzene rings is 2. The molecule has 0 heterocycles. The van der Waals surface area contributed by atoms with E-state index in [2.05, 4.69) is 16.0 Å². The zero-order valence-corrected chi connectivity index (χ0v) is 16.2. The third-order valence-corrected chi connectivity index (χ3v) is 4.21. The van der Waals surface area contributed by atoms with E-state index in [9.17, 15) is 14.9 Å². The van der Waals surface area contributed by atoms with E-state index in [1.54, 1.807) is 18.2 Å². The predicted molar refractivity (Wildman–Crippen MR) is 111 cm³/mol. The monoisotopic (exact) mass is 386 g/mol. The molecule has 0 aliphatic carbocycles. The second-order valence-electron chi connectivity index (χ2n) is 6.40. The van der Waals surface area contributed by atoms with Crippen molar-refractivity contribution in [2.45, 2.75) is 26.8 Å². The Balaban J connectivity index is 2.09. The number of hydrogen-bond donors (Lipinski definition) is 3. The molecule has 1 atom stereocenters. The first-order valence-corrected chi connectivity index (χ1v) is 8.88. The van der Waals surface area contributed by atoms with Gasteiger partial charge in [-0.1, -0.05) is 44.2 Å². The van der Waals surface area contributed by atoms with Crippen molar-refractivity contribution in [3.05, 3.63) is 64.2 Å². The maximum Gasteiger partial charge on any atom is 0.292 e. The second kappa shape index (κ2) is 9.09. The SMILES string of the molecule is Cc1ccccc1NC(=O)[C@@H](NC(=S)Nc1ccccc1[N+](=O)[O-])C(C)C. The summed E-state index contributed by atoms with van der Waals surface area (Å²) in [6.07, 6.45) is 0. The lowest BCUT2D eigenvalue weighted by Gasteiger charge is -2.24. The third-order valence-electron chi connectivity index (χ3n) is 3.99. The summed E-state index contributed by atoms with van der Waals surface area (Å²) in [5.41, 5.74) is 1.86. The van der Waals surface area contributed by atoms with Crippen molar-refractivity contribution in [3.63, 3.8) is 0 Å². The molecule has 142 valence electrons. The van der Waals surface area contributed by atoms with E-state index < -0.39 is 11.0 Å². The standard InChI is InChI=1S/C19H22N4O3S/c1-12(2)17(18(24)20-14-9-5-4-8-13(14)3)22-19(27)21-15-10-6-7-11-16(15)23(25)26/h4-12,17H,1-3H3,(H,20,24)(H2,21,22,27)/t17-/m0/s1. The molecule has 2 aromatic rings. The maximum absolute atomic E-state index is 12.7. The first-order valence-electron chi connectivity index (χ1n) is 8.47. The van der Waals surface area contributed by atoms with E-state index in [1.165, 1.54) is 6.07 Å². The highest BCUT2D eigenvalue weighted by atomic mass is 32.1. The number of para-hydroxylation sites is 3. The Morgan fingerprint density at radius 1 is 1.04 bits per heavy atom. The van der Waals surface area contributed by atoms with E-state index in [4.69, 9.17) is 12.2 Å². The number of carbonyl (C=O) groups excluding carboxylic acids is 1. The van der Waals surface area contributed by atoms with Gasteiger partial charge in [0.2, 0.25) is 5.91 Å². The summed E-state index contributed by atoms with van der Waals surface area (Å²) in [4.78, 5) is 23.3.